The van der Waals surface area contributed by atoms with Crippen LogP contribution in [-0.4, -0.2) is 32.2 Å². The van der Waals surface area contributed by atoms with Gasteiger partial charge in [0.25, 0.3) is 0 Å². The molecule has 2 aromatic rings. The van der Waals surface area contributed by atoms with E-state index < -0.39 is 0 Å². The number of aromatic amines is 1. The number of hydrogen-bond acceptors (Lipinski definition) is 6. The third-order valence-corrected chi connectivity index (χ3v) is 2.96. The van der Waals surface area contributed by atoms with E-state index in [1.807, 2.05) is 6.92 Å². The van der Waals surface area contributed by atoms with Crippen LogP contribution < -0.4 is 5.32 Å². The average molecular weight is 257 g/mol. The molecule has 2 N–H and O–H groups in total. The summed E-state index contributed by atoms with van der Waals surface area (Å²) >= 11 is 7.26. The summed E-state index contributed by atoms with van der Waals surface area (Å²) in [6, 6.07) is 0. The maximum Gasteiger partial charge on any atom is 0.223 e. The highest BCUT2D eigenvalue weighted by Crippen LogP contribution is 2.29. The molecule has 0 aliphatic rings. The van der Waals surface area contributed by atoms with E-state index in [2.05, 4.69) is 30.5 Å². The smallest absolute Gasteiger partial charge is 0.223 e. The molecule has 0 atom stereocenters. The number of H-pyrrole nitrogens is 1. The maximum atomic E-state index is 5.97. The molecule has 84 valence electrons. The molecule has 0 aliphatic carbocycles. The van der Waals surface area contributed by atoms with Gasteiger partial charge in [-0.2, -0.15) is 0 Å². The topological polar surface area (TPSA) is 79.4 Å². The Balaban J connectivity index is 2.26. The largest absolute Gasteiger partial charge is 0.357 e. The van der Waals surface area contributed by atoms with E-state index in [9.17, 15) is 0 Å². The Hall–Kier alpha value is -1.34. The zero-order chi connectivity index (χ0) is 11.5. The first kappa shape index (κ1) is 11.2. The molecule has 8 heteroatoms. The van der Waals surface area contributed by atoms with E-state index in [1.165, 1.54) is 11.8 Å². The van der Waals surface area contributed by atoms with Gasteiger partial charge in [-0.05, 0) is 18.7 Å². The zero-order valence-electron chi connectivity index (χ0n) is 8.65. The number of aryl methyl sites for hydroxylation is 1. The van der Waals surface area contributed by atoms with Crippen LogP contribution in [0.4, 0.5) is 5.95 Å². The normalized spacial score (nSPS) is 10.4. The van der Waals surface area contributed by atoms with Crippen LogP contribution in [0.2, 0.25) is 5.02 Å². The van der Waals surface area contributed by atoms with Gasteiger partial charge in [0.05, 0.1) is 11.2 Å². The van der Waals surface area contributed by atoms with Crippen LogP contribution in [0.5, 0.6) is 0 Å². The van der Waals surface area contributed by atoms with Crippen molar-refractivity contribution in [2.75, 3.05) is 12.4 Å². The first-order valence-electron chi connectivity index (χ1n) is 4.46. The Morgan fingerprint density at radius 1 is 1.44 bits per heavy atom. The molecule has 0 spiro atoms. The summed E-state index contributed by atoms with van der Waals surface area (Å²) in [6.45, 7) is 1.83. The van der Waals surface area contributed by atoms with Gasteiger partial charge < -0.3 is 5.32 Å². The maximum absolute atomic E-state index is 5.97. The number of nitrogens with one attached hydrogen (secondary N) is 2. The van der Waals surface area contributed by atoms with Gasteiger partial charge in [0.15, 0.2) is 0 Å². The van der Waals surface area contributed by atoms with Crippen molar-refractivity contribution in [1.29, 1.82) is 0 Å². The standard InChI is InChI=1S/C8H9ClN6S/c1-4-12-8(15-14-4)16-6-5(9)3-11-7(10-2)13-6/h3H,1-2H3,(H,10,11,13)(H,12,14,15). The minimum Gasteiger partial charge on any atom is -0.357 e. The number of nitrogens with zero attached hydrogens (tertiary/aromatic N) is 4. The Morgan fingerprint density at radius 2 is 2.25 bits per heavy atom. The number of anilines is 1. The van der Waals surface area contributed by atoms with Crippen molar-refractivity contribution >= 4 is 29.3 Å². The summed E-state index contributed by atoms with van der Waals surface area (Å²) in [5, 5.41) is 11.3. The van der Waals surface area contributed by atoms with Crippen molar-refractivity contribution in [3.63, 3.8) is 0 Å². The molecule has 0 unspecified atom stereocenters. The van der Waals surface area contributed by atoms with Crippen molar-refractivity contribution in [3.8, 4) is 0 Å². The lowest BCUT2D eigenvalue weighted by Gasteiger charge is -2.02. The van der Waals surface area contributed by atoms with Crippen LogP contribution in [-0.2, 0) is 0 Å². The highest BCUT2D eigenvalue weighted by atomic mass is 35.5. The Morgan fingerprint density at radius 3 is 2.88 bits per heavy atom. The lowest BCUT2D eigenvalue weighted by molar-refractivity contribution is 0.961. The predicted molar refractivity (Wildman–Crippen MR) is 61.8 cm³/mol. The van der Waals surface area contributed by atoms with Crippen molar-refractivity contribution in [1.82, 2.24) is 25.1 Å². The van der Waals surface area contributed by atoms with Gasteiger partial charge in [0, 0.05) is 7.05 Å². The summed E-state index contributed by atoms with van der Waals surface area (Å²) < 4.78 is 0. The lowest BCUT2D eigenvalue weighted by atomic mass is 10.6. The molecule has 0 saturated heterocycles. The first-order chi connectivity index (χ1) is 7.69. The van der Waals surface area contributed by atoms with Gasteiger partial charge in [-0.15, -0.1) is 5.10 Å². The SMILES string of the molecule is CNc1ncc(Cl)c(Sc2n[nH]c(C)n2)n1. The molecule has 0 amide bonds. The Bertz CT molecular complexity index is 499. The van der Waals surface area contributed by atoms with Crippen LogP contribution in [0.3, 0.4) is 0 Å². The molecule has 2 heterocycles. The van der Waals surface area contributed by atoms with Gasteiger partial charge in [-0.1, -0.05) is 11.6 Å². The zero-order valence-corrected chi connectivity index (χ0v) is 10.2. The molecule has 6 nitrogen and oxygen atoms in total. The van der Waals surface area contributed by atoms with Crippen LogP contribution in [0, 0.1) is 6.92 Å². The number of hydrogen-bond donors (Lipinski definition) is 2. The van der Waals surface area contributed by atoms with Crippen molar-refractivity contribution in [3.05, 3.63) is 17.0 Å². The van der Waals surface area contributed by atoms with E-state index in [-0.39, 0.29) is 0 Å². The molecule has 0 aromatic carbocycles. The summed E-state index contributed by atoms with van der Waals surface area (Å²) in [4.78, 5) is 12.4. The Kier molecular flexibility index (Phi) is 3.25. The molecular formula is C8H9ClN6S. The Labute approximate surface area is 101 Å². The van der Waals surface area contributed by atoms with Gasteiger partial charge >= 0.3 is 0 Å². The van der Waals surface area contributed by atoms with Crippen molar-refractivity contribution < 1.29 is 0 Å². The highest BCUT2D eigenvalue weighted by Gasteiger charge is 2.09. The highest BCUT2D eigenvalue weighted by molar-refractivity contribution is 7.99. The number of rotatable bonds is 3. The van der Waals surface area contributed by atoms with Gasteiger partial charge in [-0.3, -0.25) is 5.10 Å². The third-order valence-electron chi connectivity index (χ3n) is 1.70. The van der Waals surface area contributed by atoms with Crippen LogP contribution >= 0.6 is 23.4 Å². The molecule has 2 aromatic heterocycles. The first-order valence-corrected chi connectivity index (χ1v) is 5.65. The fraction of sp³-hybridized carbons (Fsp3) is 0.250. The minimum absolute atomic E-state index is 0.478. The number of halogens is 1. The van der Waals surface area contributed by atoms with Crippen LogP contribution in [0.25, 0.3) is 0 Å². The quantitative estimate of drug-likeness (QED) is 0.815. The molecular weight excluding hydrogens is 248 g/mol. The summed E-state index contributed by atoms with van der Waals surface area (Å²) in [7, 11) is 1.74. The minimum atomic E-state index is 0.478. The molecule has 2 rings (SSSR count). The summed E-state index contributed by atoms with van der Waals surface area (Å²) in [6.07, 6.45) is 1.54. The monoisotopic (exact) mass is 256 g/mol. The van der Waals surface area contributed by atoms with E-state index in [1.54, 1.807) is 13.2 Å². The molecule has 0 aliphatic heterocycles. The van der Waals surface area contributed by atoms with E-state index in [0.717, 1.165) is 5.82 Å². The van der Waals surface area contributed by atoms with E-state index in [0.29, 0.717) is 21.2 Å². The number of aromatic nitrogens is 5. The predicted octanol–water partition coefficient (Wildman–Crippen LogP) is 1.75. The van der Waals surface area contributed by atoms with E-state index >= 15 is 0 Å². The van der Waals surface area contributed by atoms with Gasteiger partial charge in [0.1, 0.15) is 10.9 Å². The van der Waals surface area contributed by atoms with E-state index in [4.69, 9.17) is 11.6 Å². The fourth-order valence-electron chi connectivity index (χ4n) is 0.998. The lowest BCUT2D eigenvalue weighted by Crippen LogP contribution is -1.97. The van der Waals surface area contributed by atoms with Gasteiger partial charge in [0.2, 0.25) is 11.1 Å². The second-order valence-corrected chi connectivity index (χ2v) is 4.27. The molecule has 0 bridgehead atoms. The average Bonchev–Trinajstić information content (AvgIpc) is 2.67. The second-order valence-electron chi connectivity index (χ2n) is 2.90. The molecule has 0 fully saturated rings. The molecule has 16 heavy (non-hydrogen) atoms. The second kappa shape index (κ2) is 4.67. The van der Waals surface area contributed by atoms with Crippen molar-refractivity contribution in [2.45, 2.75) is 17.1 Å². The van der Waals surface area contributed by atoms with Crippen molar-refractivity contribution in [2.24, 2.45) is 0 Å². The van der Waals surface area contributed by atoms with Crippen LogP contribution in [0.1, 0.15) is 5.82 Å². The fourth-order valence-corrected chi connectivity index (χ4v) is 1.93. The summed E-state index contributed by atoms with van der Waals surface area (Å²) in [5.74, 6) is 1.26. The summed E-state index contributed by atoms with van der Waals surface area (Å²) in [5.41, 5.74) is 0. The van der Waals surface area contributed by atoms with Gasteiger partial charge in [-0.25, -0.2) is 15.0 Å². The van der Waals surface area contributed by atoms with Crippen LogP contribution in [0.15, 0.2) is 16.4 Å². The molecule has 0 radical (unpaired) electrons. The molecule has 0 saturated carbocycles. The third kappa shape index (κ3) is 2.42.